The van der Waals surface area contributed by atoms with Crippen molar-refractivity contribution < 1.29 is 24.2 Å². The molecular formula is C46H42ClN3O5. The maximum Gasteiger partial charge on any atom is 0.415 e. The average Bonchev–Trinajstić information content (AvgIpc) is 3.62. The molecule has 0 fully saturated rings. The molecule has 2 unspecified atom stereocenters. The maximum absolute atomic E-state index is 14.8. The lowest BCUT2D eigenvalue weighted by atomic mass is 9.97. The van der Waals surface area contributed by atoms with Crippen molar-refractivity contribution in [1.29, 1.82) is 0 Å². The number of carbonyl (C=O) groups excluding carboxylic acids is 2. The van der Waals surface area contributed by atoms with E-state index in [1.807, 2.05) is 146 Å². The van der Waals surface area contributed by atoms with Gasteiger partial charge in [0.2, 0.25) is 0 Å². The summed E-state index contributed by atoms with van der Waals surface area (Å²) in [5.41, 5.74) is 4.90. The second-order valence-electron chi connectivity index (χ2n) is 13.6. The Morgan fingerprint density at radius 3 is 1.53 bits per heavy atom. The van der Waals surface area contributed by atoms with Crippen LogP contribution in [0.25, 0.3) is 0 Å². The fourth-order valence-corrected chi connectivity index (χ4v) is 6.98. The normalized spacial score (nSPS) is 14.0. The number of hydrogen-bond acceptors (Lipinski definition) is 6. The molecule has 1 aliphatic heterocycles. The van der Waals surface area contributed by atoms with Crippen LogP contribution in [-0.2, 0) is 16.0 Å². The Morgan fingerprint density at radius 2 is 1.05 bits per heavy atom. The number of fused-ring (bicyclic) bond motifs is 1. The molecule has 0 aliphatic carbocycles. The van der Waals surface area contributed by atoms with Crippen LogP contribution in [0.1, 0.15) is 58.5 Å². The first-order valence-electron chi connectivity index (χ1n) is 18.3. The number of aliphatic hydroxyl groups excluding tert-OH is 1. The van der Waals surface area contributed by atoms with E-state index < -0.39 is 35.8 Å². The Bertz CT molecular complexity index is 2030. The van der Waals surface area contributed by atoms with E-state index in [1.165, 1.54) is 0 Å². The molecule has 2 atom stereocenters. The molecule has 0 bridgehead atoms. The molecule has 0 radical (unpaired) electrons. The van der Waals surface area contributed by atoms with E-state index in [2.05, 4.69) is 16.0 Å². The van der Waals surface area contributed by atoms with Crippen LogP contribution in [-0.4, -0.2) is 35.3 Å². The highest BCUT2D eigenvalue weighted by Crippen LogP contribution is 2.42. The molecule has 0 saturated carbocycles. The van der Waals surface area contributed by atoms with E-state index in [1.54, 1.807) is 24.3 Å². The molecule has 6 aromatic rings. The van der Waals surface area contributed by atoms with Gasteiger partial charge >= 0.3 is 17.6 Å². The van der Waals surface area contributed by atoms with Crippen molar-refractivity contribution in [1.82, 2.24) is 16.0 Å². The summed E-state index contributed by atoms with van der Waals surface area (Å²) in [6, 6.07) is 49.5. The Labute approximate surface area is 326 Å². The van der Waals surface area contributed by atoms with Crippen LogP contribution in [0.5, 0.6) is 11.5 Å². The number of ether oxygens (including phenoxy) is 2. The van der Waals surface area contributed by atoms with Crippen LogP contribution in [0.2, 0.25) is 5.02 Å². The van der Waals surface area contributed by atoms with Crippen molar-refractivity contribution in [3.05, 3.63) is 202 Å². The minimum Gasteiger partial charge on any atom is -0.433 e. The molecule has 0 spiro atoms. The van der Waals surface area contributed by atoms with Crippen molar-refractivity contribution in [2.45, 2.75) is 43.4 Å². The molecular weight excluding hydrogens is 710 g/mol. The Morgan fingerprint density at radius 1 is 0.600 bits per heavy atom. The van der Waals surface area contributed by atoms with Crippen molar-refractivity contribution in [3.8, 4) is 11.5 Å². The first kappa shape index (κ1) is 37.4. The second-order valence-corrected chi connectivity index (χ2v) is 14.1. The zero-order valence-corrected chi connectivity index (χ0v) is 31.0. The topological polar surface area (TPSA) is 109 Å². The first-order chi connectivity index (χ1) is 26.8. The lowest BCUT2D eigenvalue weighted by Gasteiger charge is -2.30. The Balaban J connectivity index is 1.17. The largest absolute Gasteiger partial charge is 0.433 e. The predicted octanol–water partition coefficient (Wildman–Crippen LogP) is 7.87. The standard InChI is InChI=1S/C46H42ClN3O5/c1-31(48-30-39(51)37-23-14-24-38(47)29-37)27-32-25-26-40-41(28-32)55-46(54-40,44(52)49-42(33-15-6-2-7-16-33)34-17-8-3-9-18-34)45(53)50-43(35-19-10-4-11-20-35)36-21-12-5-13-22-36/h2-26,28-29,31,39,42-43,48,51H,27,30H2,1H3,(H,49,52)(H,50,53). The van der Waals surface area contributed by atoms with E-state index in [4.69, 9.17) is 21.1 Å². The van der Waals surface area contributed by atoms with Gasteiger partial charge in [0.25, 0.3) is 0 Å². The molecule has 6 aromatic carbocycles. The summed E-state index contributed by atoms with van der Waals surface area (Å²) in [4.78, 5) is 29.5. The number of halogens is 1. The van der Waals surface area contributed by atoms with Gasteiger partial charge in [-0.3, -0.25) is 9.59 Å². The molecule has 278 valence electrons. The van der Waals surface area contributed by atoms with Gasteiger partial charge in [-0.25, -0.2) is 0 Å². The first-order valence-corrected chi connectivity index (χ1v) is 18.7. The van der Waals surface area contributed by atoms with Crippen LogP contribution < -0.4 is 25.4 Å². The van der Waals surface area contributed by atoms with Crippen molar-refractivity contribution in [3.63, 3.8) is 0 Å². The second kappa shape index (κ2) is 17.0. The molecule has 9 heteroatoms. The molecule has 7 rings (SSSR count). The van der Waals surface area contributed by atoms with Gasteiger partial charge < -0.3 is 30.5 Å². The van der Waals surface area contributed by atoms with Gasteiger partial charge in [-0.15, -0.1) is 0 Å². The number of hydrogen-bond donors (Lipinski definition) is 4. The number of rotatable bonds is 14. The molecule has 55 heavy (non-hydrogen) atoms. The summed E-state index contributed by atoms with van der Waals surface area (Å²) in [6.07, 6.45) is -0.167. The van der Waals surface area contributed by atoms with Gasteiger partial charge in [0.05, 0.1) is 18.2 Å². The van der Waals surface area contributed by atoms with E-state index in [0.717, 1.165) is 33.4 Å². The van der Waals surface area contributed by atoms with Gasteiger partial charge in [0.1, 0.15) is 0 Å². The highest BCUT2D eigenvalue weighted by Gasteiger charge is 2.57. The summed E-state index contributed by atoms with van der Waals surface area (Å²) in [6.45, 7) is 2.34. The van der Waals surface area contributed by atoms with E-state index in [0.29, 0.717) is 18.0 Å². The van der Waals surface area contributed by atoms with Crippen molar-refractivity contribution >= 4 is 23.4 Å². The fraction of sp³-hybridized carbons (Fsp3) is 0.174. The molecule has 2 amide bonds. The SMILES string of the molecule is CC(Cc1ccc2c(c1)OC(C(=O)NC(c1ccccc1)c1ccccc1)(C(=O)NC(c1ccccc1)c1ccccc1)O2)NCC(O)c1cccc(Cl)c1. The van der Waals surface area contributed by atoms with Crippen LogP contribution in [0.4, 0.5) is 0 Å². The number of aliphatic hydroxyl groups is 1. The highest BCUT2D eigenvalue weighted by atomic mass is 35.5. The predicted molar refractivity (Wildman–Crippen MR) is 214 cm³/mol. The third kappa shape index (κ3) is 8.74. The smallest absolute Gasteiger partial charge is 0.415 e. The van der Waals surface area contributed by atoms with Gasteiger partial charge in [-0.1, -0.05) is 151 Å². The highest BCUT2D eigenvalue weighted by molar-refractivity contribution is 6.30. The van der Waals surface area contributed by atoms with Crippen LogP contribution in [0.15, 0.2) is 164 Å². The average molecular weight is 752 g/mol. The third-order valence-corrected chi connectivity index (χ3v) is 9.87. The number of benzene rings is 6. The summed E-state index contributed by atoms with van der Waals surface area (Å²) in [7, 11) is 0. The summed E-state index contributed by atoms with van der Waals surface area (Å²) in [5, 5.41) is 20.9. The van der Waals surface area contributed by atoms with Crippen LogP contribution in [0.3, 0.4) is 0 Å². The zero-order valence-electron chi connectivity index (χ0n) is 30.3. The van der Waals surface area contributed by atoms with Crippen LogP contribution in [0, 0.1) is 0 Å². The number of amides is 2. The minimum absolute atomic E-state index is 0.0411. The van der Waals surface area contributed by atoms with Crippen LogP contribution >= 0.6 is 11.6 Å². The molecule has 1 aliphatic rings. The van der Waals surface area contributed by atoms with Crippen molar-refractivity contribution in [2.24, 2.45) is 0 Å². The van der Waals surface area contributed by atoms with Gasteiger partial charge in [0.15, 0.2) is 11.5 Å². The summed E-state index contributed by atoms with van der Waals surface area (Å²) < 4.78 is 12.8. The maximum atomic E-state index is 14.8. The van der Waals surface area contributed by atoms with E-state index in [9.17, 15) is 14.7 Å². The third-order valence-electron chi connectivity index (χ3n) is 9.63. The molecule has 8 nitrogen and oxygen atoms in total. The van der Waals surface area contributed by atoms with Gasteiger partial charge in [0, 0.05) is 17.6 Å². The van der Waals surface area contributed by atoms with Crippen molar-refractivity contribution in [2.75, 3.05) is 6.54 Å². The Hall–Kier alpha value is -5.93. The van der Waals surface area contributed by atoms with E-state index >= 15 is 0 Å². The quantitative estimate of drug-likeness (QED) is 0.0845. The monoisotopic (exact) mass is 751 g/mol. The minimum atomic E-state index is -2.41. The fourth-order valence-electron chi connectivity index (χ4n) is 6.79. The van der Waals surface area contributed by atoms with E-state index in [-0.39, 0.29) is 17.5 Å². The lowest BCUT2D eigenvalue weighted by molar-refractivity contribution is -0.171. The number of carbonyl (C=O) groups is 2. The molecule has 0 saturated heterocycles. The van der Waals surface area contributed by atoms with Gasteiger partial charge in [-0.05, 0) is 71.0 Å². The Kier molecular flexibility index (Phi) is 11.6. The zero-order chi connectivity index (χ0) is 38.2. The van der Waals surface area contributed by atoms with Gasteiger partial charge in [-0.2, -0.15) is 0 Å². The lowest BCUT2D eigenvalue weighted by Crippen LogP contribution is -2.63. The summed E-state index contributed by atoms with van der Waals surface area (Å²) >= 11 is 6.12. The summed E-state index contributed by atoms with van der Waals surface area (Å²) in [5.74, 6) is -3.40. The molecule has 4 N–H and O–H groups in total. The molecule has 1 heterocycles. The molecule has 0 aromatic heterocycles. The number of nitrogens with one attached hydrogen (secondary N) is 3.